The standard InChI is InChI=1S/C13H25NO4/c1-6-8-9-17-11(15)10(7-2)14-12(16)18-13(3,4)5/h10H,6-9H2,1-5H3,(H,14,16). The quantitative estimate of drug-likeness (QED) is 0.588. The van der Waals surface area contributed by atoms with E-state index in [0.717, 1.165) is 12.8 Å². The Morgan fingerprint density at radius 1 is 1.22 bits per heavy atom. The van der Waals surface area contributed by atoms with E-state index in [9.17, 15) is 9.59 Å². The molecule has 0 aromatic heterocycles. The maximum Gasteiger partial charge on any atom is 0.408 e. The molecule has 5 nitrogen and oxygen atoms in total. The van der Waals surface area contributed by atoms with E-state index in [1.165, 1.54) is 0 Å². The molecular weight excluding hydrogens is 234 g/mol. The van der Waals surface area contributed by atoms with E-state index in [0.29, 0.717) is 13.0 Å². The monoisotopic (exact) mass is 259 g/mol. The Balaban J connectivity index is 4.17. The fraction of sp³-hybridized carbons (Fsp3) is 0.846. The Bertz CT molecular complexity index is 271. The lowest BCUT2D eigenvalue weighted by molar-refractivity contribution is -0.146. The van der Waals surface area contributed by atoms with Crippen LogP contribution >= 0.6 is 0 Å². The zero-order chi connectivity index (χ0) is 14.2. The van der Waals surface area contributed by atoms with Crippen molar-refractivity contribution in [2.45, 2.75) is 65.5 Å². The summed E-state index contributed by atoms with van der Waals surface area (Å²) < 4.78 is 10.1. The first-order valence-electron chi connectivity index (χ1n) is 6.46. The van der Waals surface area contributed by atoms with Gasteiger partial charge in [0.2, 0.25) is 0 Å². The van der Waals surface area contributed by atoms with Crippen molar-refractivity contribution in [1.29, 1.82) is 0 Å². The summed E-state index contributed by atoms with van der Waals surface area (Å²) in [6.07, 6.45) is 1.67. The minimum Gasteiger partial charge on any atom is -0.464 e. The molecule has 5 heteroatoms. The third-order valence-corrected chi connectivity index (χ3v) is 2.13. The maximum absolute atomic E-state index is 11.7. The molecule has 0 rings (SSSR count). The molecular formula is C13H25NO4. The summed E-state index contributed by atoms with van der Waals surface area (Å²) in [5.41, 5.74) is -0.575. The first-order valence-corrected chi connectivity index (χ1v) is 6.46. The second-order valence-corrected chi connectivity index (χ2v) is 5.13. The molecule has 0 saturated carbocycles. The van der Waals surface area contributed by atoms with Crippen LogP contribution in [0, 0.1) is 0 Å². The van der Waals surface area contributed by atoms with Crippen LogP contribution in [-0.4, -0.2) is 30.3 Å². The molecule has 0 aliphatic rings. The summed E-state index contributed by atoms with van der Waals surface area (Å²) in [6.45, 7) is 9.53. The van der Waals surface area contributed by atoms with Gasteiger partial charge in [0.15, 0.2) is 0 Å². The lowest BCUT2D eigenvalue weighted by atomic mass is 10.2. The van der Waals surface area contributed by atoms with Crippen LogP contribution in [-0.2, 0) is 14.3 Å². The average Bonchev–Trinajstić information content (AvgIpc) is 2.23. The van der Waals surface area contributed by atoms with Crippen molar-refractivity contribution in [3.63, 3.8) is 0 Å². The molecule has 1 unspecified atom stereocenters. The number of nitrogens with one attached hydrogen (secondary N) is 1. The lowest BCUT2D eigenvalue weighted by Crippen LogP contribution is -2.43. The molecule has 1 atom stereocenters. The maximum atomic E-state index is 11.7. The van der Waals surface area contributed by atoms with Gasteiger partial charge < -0.3 is 14.8 Å². The first kappa shape index (κ1) is 16.7. The minimum atomic E-state index is -0.642. The number of rotatable bonds is 6. The molecule has 0 radical (unpaired) electrons. The number of carbonyl (C=O) groups is 2. The van der Waals surface area contributed by atoms with Crippen LogP contribution in [0.15, 0.2) is 0 Å². The Morgan fingerprint density at radius 3 is 2.28 bits per heavy atom. The molecule has 0 aromatic carbocycles. The van der Waals surface area contributed by atoms with Crippen molar-refractivity contribution >= 4 is 12.1 Å². The van der Waals surface area contributed by atoms with E-state index in [4.69, 9.17) is 9.47 Å². The molecule has 0 saturated heterocycles. The Labute approximate surface area is 109 Å². The normalized spacial score (nSPS) is 12.7. The molecule has 0 fully saturated rings. The van der Waals surface area contributed by atoms with Crippen LogP contribution in [0.2, 0.25) is 0 Å². The number of hydrogen-bond donors (Lipinski definition) is 1. The van der Waals surface area contributed by atoms with Crippen molar-refractivity contribution in [2.24, 2.45) is 0 Å². The molecule has 0 bridgehead atoms. The van der Waals surface area contributed by atoms with Gasteiger partial charge in [-0.05, 0) is 33.6 Å². The summed E-state index contributed by atoms with van der Waals surface area (Å²) in [4.78, 5) is 23.2. The van der Waals surface area contributed by atoms with E-state index in [-0.39, 0.29) is 0 Å². The van der Waals surface area contributed by atoms with E-state index in [1.54, 1.807) is 20.8 Å². The Morgan fingerprint density at radius 2 is 1.83 bits per heavy atom. The predicted molar refractivity (Wildman–Crippen MR) is 69.3 cm³/mol. The highest BCUT2D eigenvalue weighted by molar-refractivity contribution is 5.81. The van der Waals surface area contributed by atoms with Crippen LogP contribution in [0.3, 0.4) is 0 Å². The minimum absolute atomic E-state index is 0.391. The number of carbonyl (C=O) groups excluding carboxylic acids is 2. The lowest BCUT2D eigenvalue weighted by Gasteiger charge is -2.22. The number of amides is 1. The first-order chi connectivity index (χ1) is 8.30. The summed E-state index contributed by atoms with van der Waals surface area (Å²) in [5.74, 6) is -0.406. The smallest absolute Gasteiger partial charge is 0.408 e. The number of hydrogen-bond acceptors (Lipinski definition) is 4. The summed E-state index contributed by atoms with van der Waals surface area (Å²) in [5, 5.41) is 2.51. The highest BCUT2D eigenvalue weighted by Crippen LogP contribution is 2.07. The van der Waals surface area contributed by atoms with E-state index < -0.39 is 23.7 Å². The molecule has 0 aromatic rings. The SMILES string of the molecule is CCCCOC(=O)C(CC)NC(=O)OC(C)(C)C. The molecule has 0 aliphatic heterocycles. The van der Waals surface area contributed by atoms with Crippen LogP contribution in [0.5, 0.6) is 0 Å². The predicted octanol–water partition coefficient (Wildman–Crippen LogP) is 2.63. The molecule has 0 aliphatic carbocycles. The summed E-state index contributed by atoms with van der Waals surface area (Å²) in [7, 11) is 0. The van der Waals surface area contributed by atoms with Gasteiger partial charge in [-0.2, -0.15) is 0 Å². The fourth-order valence-electron chi connectivity index (χ4n) is 1.20. The van der Waals surface area contributed by atoms with Gasteiger partial charge in [-0.3, -0.25) is 0 Å². The molecule has 106 valence electrons. The molecule has 0 spiro atoms. The van der Waals surface area contributed by atoms with Gasteiger partial charge in [0.25, 0.3) is 0 Å². The van der Waals surface area contributed by atoms with Crippen LogP contribution in [0.4, 0.5) is 4.79 Å². The van der Waals surface area contributed by atoms with Gasteiger partial charge in [-0.25, -0.2) is 9.59 Å². The van der Waals surface area contributed by atoms with Gasteiger partial charge in [0, 0.05) is 0 Å². The number of unbranched alkanes of at least 4 members (excludes halogenated alkanes) is 1. The third-order valence-electron chi connectivity index (χ3n) is 2.13. The van der Waals surface area contributed by atoms with Gasteiger partial charge in [-0.1, -0.05) is 20.3 Å². The van der Waals surface area contributed by atoms with E-state index in [1.807, 2.05) is 13.8 Å². The zero-order valence-corrected chi connectivity index (χ0v) is 12.0. The highest BCUT2D eigenvalue weighted by Gasteiger charge is 2.23. The largest absolute Gasteiger partial charge is 0.464 e. The molecule has 18 heavy (non-hydrogen) atoms. The molecule has 1 amide bonds. The molecule has 0 heterocycles. The molecule has 1 N–H and O–H groups in total. The van der Waals surface area contributed by atoms with Gasteiger partial charge in [-0.15, -0.1) is 0 Å². The Hall–Kier alpha value is -1.26. The summed E-state index contributed by atoms with van der Waals surface area (Å²) >= 11 is 0. The van der Waals surface area contributed by atoms with Gasteiger partial charge >= 0.3 is 12.1 Å². The number of esters is 1. The summed E-state index contributed by atoms with van der Waals surface area (Å²) in [6, 6.07) is -0.642. The van der Waals surface area contributed by atoms with Crippen molar-refractivity contribution in [2.75, 3.05) is 6.61 Å². The number of alkyl carbamates (subject to hydrolysis) is 1. The van der Waals surface area contributed by atoms with Gasteiger partial charge in [0.1, 0.15) is 11.6 Å². The van der Waals surface area contributed by atoms with Gasteiger partial charge in [0.05, 0.1) is 6.61 Å². The van der Waals surface area contributed by atoms with E-state index in [2.05, 4.69) is 5.32 Å². The second-order valence-electron chi connectivity index (χ2n) is 5.13. The number of ether oxygens (including phenoxy) is 2. The Kier molecular flexibility index (Phi) is 7.39. The van der Waals surface area contributed by atoms with Crippen LogP contribution in [0.25, 0.3) is 0 Å². The van der Waals surface area contributed by atoms with Crippen molar-refractivity contribution in [1.82, 2.24) is 5.32 Å². The highest BCUT2D eigenvalue weighted by atomic mass is 16.6. The fourth-order valence-corrected chi connectivity index (χ4v) is 1.20. The average molecular weight is 259 g/mol. The van der Waals surface area contributed by atoms with Crippen LogP contribution in [0.1, 0.15) is 53.9 Å². The van der Waals surface area contributed by atoms with Crippen molar-refractivity contribution in [3.05, 3.63) is 0 Å². The van der Waals surface area contributed by atoms with Crippen LogP contribution < -0.4 is 5.32 Å². The van der Waals surface area contributed by atoms with Crippen molar-refractivity contribution < 1.29 is 19.1 Å². The zero-order valence-electron chi connectivity index (χ0n) is 12.0. The topological polar surface area (TPSA) is 64.6 Å². The third kappa shape index (κ3) is 7.92. The van der Waals surface area contributed by atoms with E-state index >= 15 is 0 Å². The van der Waals surface area contributed by atoms with Crippen molar-refractivity contribution in [3.8, 4) is 0 Å². The second kappa shape index (κ2) is 7.95.